The van der Waals surface area contributed by atoms with E-state index in [1.165, 1.54) is 12.4 Å². The first kappa shape index (κ1) is 11.8. The molecule has 7 nitrogen and oxygen atoms in total. The maximum Gasteiger partial charge on any atom is 0.358 e. The van der Waals surface area contributed by atoms with Gasteiger partial charge in [-0.05, 0) is 12.8 Å². The summed E-state index contributed by atoms with van der Waals surface area (Å²) in [7, 11) is 0. The Morgan fingerprint density at radius 2 is 1.74 bits per heavy atom. The van der Waals surface area contributed by atoms with Crippen molar-refractivity contribution < 1.29 is 19.5 Å². The summed E-state index contributed by atoms with van der Waals surface area (Å²) in [6.07, 6.45) is 4.70. The van der Waals surface area contributed by atoms with Crippen molar-refractivity contribution in [2.45, 2.75) is 19.3 Å². The van der Waals surface area contributed by atoms with Crippen LogP contribution in [0.15, 0.2) is 12.4 Å². The molecular formula is C12H11N3O4. The van der Waals surface area contributed by atoms with Crippen molar-refractivity contribution in [3.63, 3.8) is 0 Å². The molecule has 19 heavy (non-hydrogen) atoms. The largest absolute Gasteiger partial charge is 0.476 e. The third-order valence-corrected chi connectivity index (χ3v) is 3.68. The zero-order chi connectivity index (χ0) is 13.6. The Kier molecular flexibility index (Phi) is 2.55. The highest BCUT2D eigenvalue weighted by molar-refractivity contribution is 6.23. The van der Waals surface area contributed by atoms with Crippen molar-refractivity contribution in [3.05, 3.63) is 18.1 Å². The van der Waals surface area contributed by atoms with Crippen molar-refractivity contribution in [2.24, 2.45) is 11.8 Å². The van der Waals surface area contributed by atoms with Crippen molar-refractivity contribution in [3.8, 4) is 0 Å². The fraction of sp³-hybridized carbons (Fsp3) is 0.417. The summed E-state index contributed by atoms with van der Waals surface area (Å²) in [5.74, 6) is -2.82. The number of nitrogens with zero attached hydrogens (tertiary/aromatic N) is 3. The fourth-order valence-electron chi connectivity index (χ4n) is 2.85. The lowest BCUT2D eigenvalue weighted by Gasteiger charge is -2.15. The molecule has 1 N–H and O–H groups in total. The number of amides is 2. The molecule has 1 aliphatic heterocycles. The molecule has 2 atom stereocenters. The number of carbonyl (C=O) groups excluding carboxylic acids is 2. The number of aromatic carboxylic acids is 1. The Labute approximate surface area is 108 Å². The van der Waals surface area contributed by atoms with E-state index in [0.717, 1.165) is 11.3 Å². The lowest BCUT2D eigenvalue weighted by molar-refractivity contribution is -0.122. The van der Waals surface area contributed by atoms with E-state index in [0.29, 0.717) is 12.8 Å². The number of hydrogen-bond donors (Lipinski definition) is 1. The summed E-state index contributed by atoms with van der Waals surface area (Å²) in [5, 5.41) is 9.05. The van der Waals surface area contributed by atoms with Gasteiger partial charge in [0.2, 0.25) is 11.8 Å². The van der Waals surface area contributed by atoms with Gasteiger partial charge >= 0.3 is 5.97 Å². The second-order valence-electron chi connectivity index (χ2n) is 4.69. The molecule has 2 unspecified atom stereocenters. The topological polar surface area (TPSA) is 100 Å². The monoisotopic (exact) mass is 261 g/mol. The van der Waals surface area contributed by atoms with Gasteiger partial charge in [0.25, 0.3) is 0 Å². The fourth-order valence-corrected chi connectivity index (χ4v) is 2.85. The van der Waals surface area contributed by atoms with E-state index in [1.807, 2.05) is 0 Å². The van der Waals surface area contributed by atoms with Gasteiger partial charge in [-0.3, -0.25) is 9.59 Å². The summed E-state index contributed by atoms with van der Waals surface area (Å²) in [4.78, 5) is 43.9. The van der Waals surface area contributed by atoms with E-state index >= 15 is 0 Å². The standard InChI is InChI=1S/C12H11N3O4/c16-10-6-2-1-3-7(6)11(17)15(10)9-8(12(18)19)13-4-5-14-9/h4-7H,1-3H2,(H,18,19). The van der Waals surface area contributed by atoms with Crippen LogP contribution in [0.2, 0.25) is 0 Å². The molecule has 2 fully saturated rings. The van der Waals surface area contributed by atoms with Gasteiger partial charge in [0.05, 0.1) is 11.8 Å². The van der Waals surface area contributed by atoms with Gasteiger partial charge in [-0.2, -0.15) is 0 Å². The first-order valence-electron chi connectivity index (χ1n) is 6.03. The molecule has 1 saturated heterocycles. The van der Waals surface area contributed by atoms with Crippen LogP contribution in [0, 0.1) is 11.8 Å². The maximum absolute atomic E-state index is 12.2. The molecule has 2 amide bonds. The zero-order valence-electron chi connectivity index (χ0n) is 9.94. The van der Waals surface area contributed by atoms with Crippen LogP contribution in [0.4, 0.5) is 5.82 Å². The highest BCUT2D eigenvalue weighted by Crippen LogP contribution is 2.41. The molecule has 98 valence electrons. The molecule has 7 heteroatoms. The van der Waals surface area contributed by atoms with Crippen LogP contribution in [0.25, 0.3) is 0 Å². The molecule has 0 spiro atoms. The Balaban J connectivity index is 2.06. The Bertz CT molecular complexity index is 564. The molecule has 3 rings (SSSR count). The van der Waals surface area contributed by atoms with Gasteiger partial charge in [0.15, 0.2) is 11.5 Å². The molecule has 0 bridgehead atoms. The van der Waals surface area contributed by atoms with Crippen LogP contribution in [-0.2, 0) is 9.59 Å². The van der Waals surface area contributed by atoms with E-state index in [9.17, 15) is 14.4 Å². The minimum absolute atomic E-state index is 0.167. The number of carbonyl (C=O) groups is 3. The lowest BCUT2D eigenvalue weighted by Crippen LogP contribution is -2.34. The first-order chi connectivity index (χ1) is 9.11. The van der Waals surface area contributed by atoms with Crippen LogP contribution < -0.4 is 4.90 Å². The number of carboxylic acid groups (broad SMARTS) is 1. The number of carboxylic acids is 1. The van der Waals surface area contributed by atoms with E-state index in [-0.39, 0.29) is 35.2 Å². The third kappa shape index (κ3) is 1.61. The third-order valence-electron chi connectivity index (χ3n) is 3.68. The van der Waals surface area contributed by atoms with Gasteiger partial charge in [-0.25, -0.2) is 19.7 Å². The molecule has 1 aliphatic carbocycles. The number of anilines is 1. The van der Waals surface area contributed by atoms with Crippen molar-refractivity contribution in [1.82, 2.24) is 9.97 Å². The quantitative estimate of drug-likeness (QED) is 0.776. The average Bonchev–Trinajstić information content (AvgIpc) is 2.95. The SMILES string of the molecule is O=C(O)c1nccnc1N1C(=O)C2CCCC2C1=O. The number of fused-ring (bicyclic) bond motifs is 1. The van der Waals surface area contributed by atoms with E-state index < -0.39 is 5.97 Å². The van der Waals surface area contributed by atoms with E-state index in [4.69, 9.17) is 5.11 Å². The molecular weight excluding hydrogens is 250 g/mol. The van der Waals surface area contributed by atoms with Crippen LogP contribution in [0.5, 0.6) is 0 Å². The molecule has 1 aromatic heterocycles. The van der Waals surface area contributed by atoms with E-state index in [1.54, 1.807) is 0 Å². The second-order valence-corrected chi connectivity index (χ2v) is 4.69. The summed E-state index contributed by atoms with van der Waals surface area (Å²) in [6, 6.07) is 0. The maximum atomic E-state index is 12.2. The van der Waals surface area contributed by atoms with Gasteiger partial charge in [0, 0.05) is 12.4 Å². The number of hydrogen-bond acceptors (Lipinski definition) is 5. The first-order valence-corrected chi connectivity index (χ1v) is 6.03. The summed E-state index contributed by atoms with van der Waals surface area (Å²) in [5.41, 5.74) is -0.371. The Morgan fingerprint density at radius 1 is 1.16 bits per heavy atom. The summed E-state index contributed by atoms with van der Waals surface area (Å²) < 4.78 is 0. The minimum atomic E-state index is -1.30. The van der Waals surface area contributed by atoms with Crippen molar-refractivity contribution in [2.75, 3.05) is 4.90 Å². The number of imide groups is 1. The van der Waals surface area contributed by atoms with Gasteiger partial charge < -0.3 is 5.11 Å². The van der Waals surface area contributed by atoms with Crippen LogP contribution in [-0.4, -0.2) is 32.9 Å². The highest BCUT2D eigenvalue weighted by atomic mass is 16.4. The highest BCUT2D eigenvalue weighted by Gasteiger charge is 2.51. The molecule has 2 heterocycles. The lowest BCUT2D eigenvalue weighted by atomic mass is 10.00. The summed E-state index contributed by atoms with van der Waals surface area (Å²) in [6.45, 7) is 0. The van der Waals surface area contributed by atoms with Crippen LogP contribution in [0.1, 0.15) is 29.8 Å². The van der Waals surface area contributed by atoms with Crippen LogP contribution >= 0.6 is 0 Å². The number of aromatic nitrogens is 2. The molecule has 1 aromatic rings. The minimum Gasteiger partial charge on any atom is -0.476 e. The van der Waals surface area contributed by atoms with Gasteiger partial charge in [-0.1, -0.05) is 6.42 Å². The Hall–Kier alpha value is -2.31. The Morgan fingerprint density at radius 3 is 2.32 bits per heavy atom. The zero-order valence-corrected chi connectivity index (χ0v) is 9.94. The smallest absolute Gasteiger partial charge is 0.358 e. The molecule has 0 radical (unpaired) electrons. The molecule has 1 saturated carbocycles. The van der Waals surface area contributed by atoms with Gasteiger partial charge in [-0.15, -0.1) is 0 Å². The normalized spacial score (nSPS) is 25.8. The average molecular weight is 261 g/mol. The second kappa shape index (κ2) is 4.11. The van der Waals surface area contributed by atoms with Crippen LogP contribution in [0.3, 0.4) is 0 Å². The number of rotatable bonds is 2. The predicted octanol–water partition coefficient (Wildman–Crippen LogP) is 0.464. The molecule has 0 aromatic carbocycles. The van der Waals surface area contributed by atoms with Crippen molar-refractivity contribution >= 4 is 23.6 Å². The van der Waals surface area contributed by atoms with E-state index in [2.05, 4.69) is 9.97 Å². The predicted molar refractivity (Wildman–Crippen MR) is 62.3 cm³/mol. The molecule has 2 aliphatic rings. The van der Waals surface area contributed by atoms with Gasteiger partial charge in [0.1, 0.15) is 0 Å². The van der Waals surface area contributed by atoms with Crippen molar-refractivity contribution in [1.29, 1.82) is 0 Å². The summed E-state index contributed by atoms with van der Waals surface area (Å²) >= 11 is 0.